The molecule has 0 atom stereocenters. The van der Waals surface area contributed by atoms with Crippen molar-refractivity contribution < 1.29 is 4.39 Å². The second kappa shape index (κ2) is 9.61. The van der Waals surface area contributed by atoms with Crippen molar-refractivity contribution in [1.29, 1.82) is 0 Å². The minimum atomic E-state index is -0.223. The molecular formula is C23H29FN6. The van der Waals surface area contributed by atoms with E-state index >= 15 is 0 Å². The predicted molar refractivity (Wildman–Crippen MR) is 120 cm³/mol. The molecule has 1 saturated heterocycles. The summed E-state index contributed by atoms with van der Waals surface area (Å²) in [6.07, 6.45) is 7.13. The molecule has 1 fully saturated rings. The van der Waals surface area contributed by atoms with E-state index in [9.17, 15) is 4.39 Å². The molecule has 6 nitrogen and oxygen atoms in total. The van der Waals surface area contributed by atoms with Gasteiger partial charge in [0.05, 0.1) is 6.54 Å². The summed E-state index contributed by atoms with van der Waals surface area (Å²) in [5.41, 5.74) is 3.15. The monoisotopic (exact) mass is 408 g/mol. The lowest BCUT2D eigenvalue weighted by molar-refractivity contribution is 0.629. The van der Waals surface area contributed by atoms with Gasteiger partial charge in [0, 0.05) is 49.5 Å². The average molecular weight is 409 g/mol. The predicted octanol–water partition coefficient (Wildman–Crippen LogP) is 3.60. The molecule has 0 amide bonds. The van der Waals surface area contributed by atoms with Gasteiger partial charge in [0.2, 0.25) is 0 Å². The topological polar surface area (TPSA) is 68.3 Å². The number of fused-ring (bicyclic) bond motifs is 1. The van der Waals surface area contributed by atoms with Gasteiger partial charge in [-0.15, -0.1) is 0 Å². The largest absolute Gasteiger partial charge is 0.361 e. The fraction of sp³-hybridized carbons (Fsp3) is 0.391. The van der Waals surface area contributed by atoms with Crippen molar-refractivity contribution in [2.45, 2.75) is 32.7 Å². The molecular weight excluding hydrogens is 379 g/mol. The Hall–Kier alpha value is -3.09. The molecule has 3 N–H and O–H groups in total. The Kier molecular flexibility index (Phi) is 6.47. The number of rotatable bonds is 7. The summed E-state index contributed by atoms with van der Waals surface area (Å²) in [6, 6.07) is 9.03. The highest BCUT2D eigenvalue weighted by atomic mass is 19.1. The molecule has 3 heterocycles. The highest BCUT2D eigenvalue weighted by molar-refractivity contribution is 5.83. The Bertz CT molecular complexity index is 1010. The molecule has 0 spiro atoms. The van der Waals surface area contributed by atoms with Gasteiger partial charge in [-0.1, -0.05) is 0 Å². The van der Waals surface area contributed by atoms with Gasteiger partial charge in [0.1, 0.15) is 11.6 Å². The standard InChI is InChI=1S/C23H29FN6/c1-2-25-23(27-10-8-18-16-28-21-14-19(24)5-6-20(18)21)29-15-17-7-9-26-22(13-17)30-11-3-4-12-30/h5-7,9,13-14,16,28H,2-4,8,10-12,15H2,1H3,(H2,25,27,29). The third-order valence-electron chi connectivity index (χ3n) is 5.42. The van der Waals surface area contributed by atoms with Crippen LogP contribution < -0.4 is 15.5 Å². The Labute approximate surface area is 176 Å². The number of hydrogen-bond donors (Lipinski definition) is 3. The molecule has 30 heavy (non-hydrogen) atoms. The Morgan fingerprint density at radius 1 is 1.20 bits per heavy atom. The highest BCUT2D eigenvalue weighted by Gasteiger charge is 2.13. The number of halogens is 1. The zero-order valence-corrected chi connectivity index (χ0v) is 17.4. The molecule has 0 bridgehead atoms. The number of aliphatic imine (C=N–C) groups is 1. The van der Waals surface area contributed by atoms with Gasteiger partial charge in [-0.3, -0.25) is 0 Å². The molecule has 0 unspecified atom stereocenters. The molecule has 158 valence electrons. The number of guanidine groups is 1. The van der Waals surface area contributed by atoms with Crippen molar-refractivity contribution in [3.63, 3.8) is 0 Å². The van der Waals surface area contributed by atoms with Gasteiger partial charge < -0.3 is 20.5 Å². The third-order valence-corrected chi connectivity index (χ3v) is 5.42. The summed E-state index contributed by atoms with van der Waals surface area (Å²) in [4.78, 5) is 14.7. The average Bonchev–Trinajstić information content (AvgIpc) is 3.42. The maximum atomic E-state index is 13.4. The van der Waals surface area contributed by atoms with Crippen molar-refractivity contribution in [3.05, 3.63) is 59.7 Å². The quantitative estimate of drug-likeness (QED) is 0.413. The first-order valence-corrected chi connectivity index (χ1v) is 10.7. The van der Waals surface area contributed by atoms with E-state index in [1.807, 2.05) is 24.5 Å². The summed E-state index contributed by atoms with van der Waals surface area (Å²) in [7, 11) is 0. The van der Waals surface area contributed by atoms with Crippen LogP contribution in [0, 0.1) is 5.82 Å². The first-order valence-electron chi connectivity index (χ1n) is 10.7. The molecule has 0 aliphatic carbocycles. The van der Waals surface area contributed by atoms with Crippen LogP contribution in [0.2, 0.25) is 0 Å². The normalized spacial score (nSPS) is 14.5. The van der Waals surface area contributed by atoms with Crippen LogP contribution in [0.3, 0.4) is 0 Å². The molecule has 1 aromatic carbocycles. The van der Waals surface area contributed by atoms with Gasteiger partial charge in [-0.2, -0.15) is 0 Å². The molecule has 1 aliphatic rings. The van der Waals surface area contributed by atoms with Gasteiger partial charge in [0.25, 0.3) is 0 Å². The molecule has 2 aromatic heterocycles. The van der Waals surface area contributed by atoms with Crippen molar-refractivity contribution in [2.75, 3.05) is 31.1 Å². The molecule has 0 saturated carbocycles. The smallest absolute Gasteiger partial charge is 0.191 e. The number of aromatic amines is 1. The number of H-pyrrole nitrogens is 1. The number of anilines is 1. The fourth-order valence-corrected chi connectivity index (χ4v) is 3.87. The molecule has 3 aromatic rings. The van der Waals surface area contributed by atoms with E-state index in [1.54, 1.807) is 0 Å². The second-order valence-corrected chi connectivity index (χ2v) is 7.59. The van der Waals surface area contributed by atoms with Crippen LogP contribution in [0.15, 0.2) is 47.7 Å². The first-order chi connectivity index (χ1) is 14.7. The highest BCUT2D eigenvalue weighted by Crippen LogP contribution is 2.20. The lowest BCUT2D eigenvalue weighted by Gasteiger charge is -2.16. The van der Waals surface area contributed by atoms with Crippen LogP contribution in [0.1, 0.15) is 30.9 Å². The van der Waals surface area contributed by atoms with Gasteiger partial charge in [-0.25, -0.2) is 14.4 Å². The summed E-state index contributed by atoms with van der Waals surface area (Å²) in [6.45, 7) is 6.38. The molecule has 4 rings (SSSR count). The van der Waals surface area contributed by atoms with Crippen molar-refractivity contribution in [3.8, 4) is 0 Å². The van der Waals surface area contributed by atoms with Crippen LogP contribution in [0.25, 0.3) is 10.9 Å². The Balaban J connectivity index is 1.36. The number of benzene rings is 1. The third kappa shape index (κ3) is 4.90. The van der Waals surface area contributed by atoms with E-state index in [-0.39, 0.29) is 5.82 Å². The lowest BCUT2D eigenvalue weighted by Crippen LogP contribution is -2.38. The zero-order chi connectivity index (χ0) is 20.8. The molecule has 7 heteroatoms. The summed E-state index contributed by atoms with van der Waals surface area (Å²) >= 11 is 0. The minimum absolute atomic E-state index is 0.223. The fourth-order valence-electron chi connectivity index (χ4n) is 3.87. The zero-order valence-electron chi connectivity index (χ0n) is 17.4. The number of nitrogens with one attached hydrogen (secondary N) is 3. The maximum Gasteiger partial charge on any atom is 0.191 e. The SMILES string of the molecule is CCNC(=NCc1ccnc(N2CCCC2)c1)NCCc1c[nH]c2cc(F)ccc12. The van der Waals surface area contributed by atoms with E-state index in [0.717, 1.165) is 66.4 Å². The van der Waals surface area contributed by atoms with Crippen LogP contribution in [0.4, 0.5) is 10.2 Å². The summed E-state index contributed by atoms with van der Waals surface area (Å²) in [5, 5.41) is 7.76. The first kappa shape index (κ1) is 20.2. The summed E-state index contributed by atoms with van der Waals surface area (Å²) in [5.74, 6) is 1.62. The van der Waals surface area contributed by atoms with Crippen molar-refractivity contribution >= 4 is 22.7 Å². The van der Waals surface area contributed by atoms with E-state index in [1.165, 1.54) is 25.0 Å². The molecule has 1 aliphatic heterocycles. The van der Waals surface area contributed by atoms with Crippen LogP contribution in [-0.4, -0.2) is 42.1 Å². The minimum Gasteiger partial charge on any atom is -0.361 e. The van der Waals surface area contributed by atoms with Crippen LogP contribution >= 0.6 is 0 Å². The molecule has 0 radical (unpaired) electrons. The lowest BCUT2D eigenvalue weighted by atomic mass is 10.1. The maximum absolute atomic E-state index is 13.4. The van der Waals surface area contributed by atoms with E-state index in [4.69, 9.17) is 4.99 Å². The number of pyridine rings is 1. The number of hydrogen-bond acceptors (Lipinski definition) is 3. The number of nitrogens with zero attached hydrogens (tertiary/aromatic N) is 3. The van der Waals surface area contributed by atoms with Crippen molar-refractivity contribution in [1.82, 2.24) is 20.6 Å². The van der Waals surface area contributed by atoms with Gasteiger partial charge in [0.15, 0.2) is 5.96 Å². The van der Waals surface area contributed by atoms with E-state index in [2.05, 4.69) is 38.5 Å². The summed E-state index contributed by atoms with van der Waals surface area (Å²) < 4.78 is 13.4. The van der Waals surface area contributed by atoms with E-state index < -0.39 is 0 Å². The Morgan fingerprint density at radius 3 is 2.90 bits per heavy atom. The second-order valence-electron chi connectivity index (χ2n) is 7.59. The van der Waals surface area contributed by atoms with Gasteiger partial charge in [-0.05, 0) is 67.6 Å². The Morgan fingerprint density at radius 2 is 2.07 bits per heavy atom. The van der Waals surface area contributed by atoms with E-state index in [0.29, 0.717) is 6.54 Å². The van der Waals surface area contributed by atoms with Gasteiger partial charge >= 0.3 is 0 Å². The number of aromatic nitrogens is 2. The van der Waals surface area contributed by atoms with Crippen molar-refractivity contribution in [2.24, 2.45) is 4.99 Å². The van der Waals surface area contributed by atoms with Crippen LogP contribution in [-0.2, 0) is 13.0 Å². The van der Waals surface area contributed by atoms with Crippen LogP contribution in [0.5, 0.6) is 0 Å².